The highest BCUT2D eigenvalue weighted by Crippen LogP contribution is 2.30. The Labute approximate surface area is 138 Å². The predicted octanol–water partition coefficient (Wildman–Crippen LogP) is 6.18. The molecule has 22 heavy (non-hydrogen) atoms. The third-order valence-corrected chi connectivity index (χ3v) is 3.69. The molecule has 0 bridgehead atoms. The summed E-state index contributed by atoms with van der Waals surface area (Å²) < 4.78 is 1.86. The SMILES string of the molecule is CC(C)c1nc2ccc(Cl)cn2c1N=Nc1ccc(Cl)cc1. The number of fused-ring (bicyclic) bond motifs is 1. The second-order valence-corrected chi connectivity index (χ2v) is 6.10. The molecule has 0 spiro atoms. The molecule has 0 atom stereocenters. The first-order chi connectivity index (χ1) is 10.5. The van der Waals surface area contributed by atoms with Crippen molar-refractivity contribution in [3.63, 3.8) is 0 Å². The molecule has 0 aliphatic heterocycles. The summed E-state index contributed by atoms with van der Waals surface area (Å²) in [5.74, 6) is 0.931. The fourth-order valence-electron chi connectivity index (χ4n) is 2.12. The monoisotopic (exact) mass is 332 g/mol. The Hall–Kier alpha value is -1.91. The van der Waals surface area contributed by atoms with Gasteiger partial charge in [0.2, 0.25) is 0 Å². The third-order valence-electron chi connectivity index (χ3n) is 3.22. The van der Waals surface area contributed by atoms with E-state index in [1.807, 2.05) is 28.7 Å². The van der Waals surface area contributed by atoms with Gasteiger partial charge in [-0.05, 0) is 42.3 Å². The fourth-order valence-corrected chi connectivity index (χ4v) is 2.41. The van der Waals surface area contributed by atoms with Crippen LogP contribution in [0.1, 0.15) is 25.5 Å². The lowest BCUT2D eigenvalue weighted by atomic mass is 10.1. The van der Waals surface area contributed by atoms with Gasteiger partial charge < -0.3 is 0 Å². The van der Waals surface area contributed by atoms with Gasteiger partial charge in [0, 0.05) is 11.2 Å². The molecule has 4 nitrogen and oxygen atoms in total. The minimum Gasteiger partial charge on any atom is -0.281 e. The maximum atomic E-state index is 6.08. The molecule has 2 heterocycles. The largest absolute Gasteiger partial charge is 0.281 e. The first kappa shape index (κ1) is 15.0. The van der Waals surface area contributed by atoms with E-state index in [-0.39, 0.29) is 5.92 Å². The number of hydrogen-bond donors (Lipinski definition) is 0. The van der Waals surface area contributed by atoms with E-state index in [0.717, 1.165) is 17.0 Å². The number of halogens is 2. The summed E-state index contributed by atoms with van der Waals surface area (Å²) >= 11 is 12.0. The van der Waals surface area contributed by atoms with Gasteiger partial charge in [-0.3, -0.25) is 4.40 Å². The van der Waals surface area contributed by atoms with Crippen molar-refractivity contribution in [2.45, 2.75) is 19.8 Å². The summed E-state index contributed by atoms with van der Waals surface area (Å²) in [4.78, 5) is 4.61. The van der Waals surface area contributed by atoms with Crippen LogP contribution in [0.3, 0.4) is 0 Å². The zero-order chi connectivity index (χ0) is 15.7. The third kappa shape index (κ3) is 2.98. The van der Waals surface area contributed by atoms with Crippen molar-refractivity contribution in [2.24, 2.45) is 10.2 Å². The van der Waals surface area contributed by atoms with Crippen LogP contribution in [0.15, 0.2) is 52.8 Å². The Morgan fingerprint density at radius 3 is 2.32 bits per heavy atom. The van der Waals surface area contributed by atoms with E-state index >= 15 is 0 Å². The highest BCUT2D eigenvalue weighted by Gasteiger charge is 2.15. The van der Waals surface area contributed by atoms with Crippen LogP contribution in [0.4, 0.5) is 11.5 Å². The van der Waals surface area contributed by atoms with Gasteiger partial charge in [0.15, 0.2) is 5.82 Å². The van der Waals surface area contributed by atoms with E-state index < -0.39 is 0 Å². The van der Waals surface area contributed by atoms with Crippen molar-refractivity contribution in [3.05, 3.63) is 58.3 Å². The zero-order valence-corrected chi connectivity index (χ0v) is 13.7. The standard InChI is InChI=1S/C16H14Cl2N4/c1-10(2)15-16(21-20-13-6-3-11(17)4-7-13)22-9-12(18)5-8-14(22)19-15/h3-10H,1-2H3. The van der Waals surface area contributed by atoms with E-state index in [1.165, 1.54) is 0 Å². The Bertz CT molecular complexity index is 835. The topological polar surface area (TPSA) is 42.0 Å². The molecule has 0 N–H and O–H groups in total. The van der Waals surface area contributed by atoms with E-state index in [2.05, 4.69) is 29.1 Å². The maximum absolute atomic E-state index is 6.08. The average molecular weight is 333 g/mol. The average Bonchev–Trinajstić information content (AvgIpc) is 2.85. The van der Waals surface area contributed by atoms with Gasteiger partial charge >= 0.3 is 0 Å². The van der Waals surface area contributed by atoms with Gasteiger partial charge in [-0.2, -0.15) is 0 Å². The summed E-state index contributed by atoms with van der Waals surface area (Å²) in [7, 11) is 0. The van der Waals surface area contributed by atoms with E-state index in [4.69, 9.17) is 23.2 Å². The highest BCUT2D eigenvalue weighted by atomic mass is 35.5. The normalized spacial score (nSPS) is 11.9. The van der Waals surface area contributed by atoms with Crippen molar-refractivity contribution in [2.75, 3.05) is 0 Å². The molecular formula is C16H14Cl2N4. The molecule has 112 valence electrons. The van der Waals surface area contributed by atoms with Crippen LogP contribution < -0.4 is 0 Å². The summed E-state index contributed by atoms with van der Waals surface area (Å²) in [6, 6.07) is 10.9. The summed E-state index contributed by atoms with van der Waals surface area (Å²) in [5.41, 5.74) is 2.43. The summed E-state index contributed by atoms with van der Waals surface area (Å²) in [6.45, 7) is 4.15. The van der Waals surface area contributed by atoms with E-state index in [9.17, 15) is 0 Å². The van der Waals surface area contributed by atoms with Crippen LogP contribution in [0.25, 0.3) is 5.65 Å². The number of aromatic nitrogens is 2. The number of nitrogens with zero attached hydrogens (tertiary/aromatic N) is 4. The van der Waals surface area contributed by atoms with Gasteiger partial charge in [0.1, 0.15) is 5.65 Å². The molecule has 3 rings (SSSR count). The van der Waals surface area contributed by atoms with Crippen LogP contribution in [0.2, 0.25) is 10.0 Å². The van der Waals surface area contributed by atoms with Gasteiger partial charge in [-0.1, -0.05) is 37.0 Å². The summed E-state index contributed by atoms with van der Waals surface area (Å²) in [5, 5.41) is 9.95. The molecule has 0 saturated heterocycles. The Morgan fingerprint density at radius 2 is 1.64 bits per heavy atom. The molecule has 1 aromatic carbocycles. The van der Waals surface area contributed by atoms with Crippen molar-refractivity contribution in [1.29, 1.82) is 0 Å². The fraction of sp³-hybridized carbons (Fsp3) is 0.188. The lowest BCUT2D eigenvalue weighted by Crippen LogP contribution is -1.87. The first-order valence-electron chi connectivity index (χ1n) is 6.89. The molecule has 0 fully saturated rings. The van der Waals surface area contributed by atoms with Crippen molar-refractivity contribution < 1.29 is 0 Å². The van der Waals surface area contributed by atoms with Gasteiger partial charge in [0.05, 0.1) is 16.4 Å². The van der Waals surface area contributed by atoms with Gasteiger partial charge in [-0.15, -0.1) is 10.2 Å². The molecule has 0 aliphatic rings. The molecule has 3 aromatic rings. The molecule has 0 amide bonds. The van der Waals surface area contributed by atoms with E-state index in [1.54, 1.807) is 18.3 Å². The predicted molar refractivity (Wildman–Crippen MR) is 89.9 cm³/mol. The summed E-state index contributed by atoms with van der Waals surface area (Å²) in [6.07, 6.45) is 1.80. The molecule has 0 unspecified atom stereocenters. The van der Waals surface area contributed by atoms with Crippen molar-refractivity contribution >= 4 is 40.4 Å². The Morgan fingerprint density at radius 1 is 0.955 bits per heavy atom. The number of benzene rings is 1. The lowest BCUT2D eigenvalue weighted by Gasteiger charge is -2.01. The second kappa shape index (κ2) is 6.07. The zero-order valence-electron chi connectivity index (χ0n) is 12.2. The van der Waals surface area contributed by atoms with Crippen LogP contribution in [-0.2, 0) is 0 Å². The van der Waals surface area contributed by atoms with Crippen LogP contribution >= 0.6 is 23.2 Å². The maximum Gasteiger partial charge on any atom is 0.183 e. The molecule has 0 saturated carbocycles. The molecule has 6 heteroatoms. The quantitative estimate of drug-likeness (QED) is 0.528. The molecule has 0 radical (unpaired) electrons. The van der Waals surface area contributed by atoms with Crippen LogP contribution in [0.5, 0.6) is 0 Å². The molecule has 2 aromatic heterocycles. The Kier molecular flexibility index (Phi) is 4.14. The number of hydrogen-bond acceptors (Lipinski definition) is 3. The number of azo groups is 1. The Balaban J connectivity index is 2.09. The minimum absolute atomic E-state index is 0.234. The van der Waals surface area contributed by atoms with Crippen molar-refractivity contribution in [3.8, 4) is 0 Å². The number of rotatable bonds is 3. The minimum atomic E-state index is 0.234. The smallest absolute Gasteiger partial charge is 0.183 e. The van der Waals surface area contributed by atoms with Crippen molar-refractivity contribution in [1.82, 2.24) is 9.38 Å². The highest BCUT2D eigenvalue weighted by molar-refractivity contribution is 6.30. The van der Waals surface area contributed by atoms with Crippen LogP contribution in [-0.4, -0.2) is 9.38 Å². The van der Waals surface area contributed by atoms with Crippen LogP contribution in [0, 0.1) is 0 Å². The van der Waals surface area contributed by atoms with Gasteiger partial charge in [0.25, 0.3) is 0 Å². The second-order valence-electron chi connectivity index (χ2n) is 5.23. The molecule has 0 aliphatic carbocycles. The number of pyridine rings is 1. The first-order valence-corrected chi connectivity index (χ1v) is 7.65. The molecular weight excluding hydrogens is 319 g/mol. The lowest BCUT2D eigenvalue weighted by molar-refractivity contribution is 0.831. The van der Waals surface area contributed by atoms with E-state index in [0.29, 0.717) is 15.9 Å². The number of imidazole rings is 1. The van der Waals surface area contributed by atoms with Gasteiger partial charge in [-0.25, -0.2) is 4.98 Å².